The molecule has 5 rings (SSSR count). The van der Waals surface area contributed by atoms with E-state index in [2.05, 4.69) is 28.9 Å². The number of imidazole rings is 1. The Labute approximate surface area is 168 Å². The molecule has 2 heterocycles. The number of nitrogens with zero attached hydrogens (tertiary/aromatic N) is 3. The average molecular weight is 383 g/mol. The summed E-state index contributed by atoms with van der Waals surface area (Å²) in [6.07, 6.45) is 4.12. The number of anilines is 1. The van der Waals surface area contributed by atoms with Crippen molar-refractivity contribution in [3.8, 4) is 5.69 Å². The van der Waals surface area contributed by atoms with Crippen LogP contribution in [0.25, 0.3) is 22.8 Å². The van der Waals surface area contributed by atoms with Gasteiger partial charge in [-0.15, -0.1) is 0 Å². The number of aromatic nitrogens is 4. The molecule has 0 saturated carbocycles. The molecule has 0 amide bonds. The van der Waals surface area contributed by atoms with Gasteiger partial charge >= 0.3 is 0 Å². The highest BCUT2D eigenvalue weighted by Gasteiger charge is 2.23. The molecule has 0 fully saturated rings. The van der Waals surface area contributed by atoms with E-state index in [1.54, 1.807) is 10.9 Å². The number of allylic oxidation sites excluding steroid dienone is 1. The highest BCUT2D eigenvalue weighted by atomic mass is 16.1. The molecule has 6 heteroatoms. The molecule has 2 aromatic heterocycles. The van der Waals surface area contributed by atoms with Gasteiger partial charge in [-0.3, -0.25) is 4.79 Å². The first-order valence-electron chi connectivity index (χ1n) is 9.68. The molecule has 3 N–H and O–H groups in total. The van der Waals surface area contributed by atoms with Crippen molar-refractivity contribution in [2.24, 2.45) is 0 Å². The Bertz CT molecular complexity index is 1290. The third-order valence-electron chi connectivity index (χ3n) is 5.38. The van der Waals surface area contributed by atoms with Crippen LogP contribution < -0.4 is 5.73 Å². The minimum Gasteiger partial charge on any atom is -0.383 e. The summed E-state index contributed by atoms with van der Waals surface area (Å²) in [6, 6.07) is 13.8. The molecular weight excluding hydrogens is 362 g/mol. The van der Waals surface area contributed by atoms with Gasteiger partial charge < -0.3 is 10.7 Å². The maximum absolute atomic E-state index is 13.1. The maximum Gasteiger partial charge on any atom is 0.194 e. The van der Waals surface area contributed by atoms with Gasteiger partial charge in [0.05, 0.1) is 28.5 Å². The quantitative estimate of drug-likeness (QED) is 0.515. The van der Waals surface area contributed by atoms with E-state index in [1.165, 1.54) is 0 Å². The molecule has 2 aromatic carbocycles. The summed E-state index contributed by atoms with van der Waals surface area (Å²) in [5, 5.41) is 4.39. The lowest BCUT2D eigenvalue weighted by Gasteiger charge is -2.05. The monoisotopic (exact) mass is 383 g/mol. The smallest absolute Gasteiger partial charge is 0.194 e. The summed E-state index contributed by atoms with van der Waals surface area (Å²) < 4.78 is 1.60. The minimum absolute atomic E-state index is 0.0744. The number of rotatable bonds is 4. The summed E-state index contributed by atoms with van der Waals surface area (Å²) in [6.45, 7) is 4.19. The number of hydrogen-bond acceptors (Lipinski definition) is 4. The fourth-order valence-corrected chi connectivity index (χ4v) is 3.76. The normalized spacial score (nSPS) is 13.1. The number of carbonyl (C=O) groups excluding carboxylic acids is 1. The number of nitrogens with one attached hydrogen (secondary N) is 1. The van der Waals surface area contributed by atoms with Crippen LogP contribution in [-0.4, -0.2) is 25.5 Å². The van der Waals surface area contributed by atoms with E-state index < -0.39 is 0 Å². The molecule has 0 spiro atoms. The van der Waals surface area contributed by atoms with Crippen LogP contribution in [0.2, 0.25) is 0 Å². The summed E-state index contributed by atoms with van der Waals surface area (Å²) >= 11 is 0. The van der Waals surface area contributed by atoms with E-state index in [9.17, 15) is 4.79 Å². The van der Waals surface area contributed by atoms with Gasteiger partial charge in [0.25, 0.3) is 0 Å². The number of nitrogens with two attached hydrogens (primary N) is 1. The molecule has 0 unspecified atom stereocenters. The van der Waals surface area contributed by atoms with Crippen molar-refractivity contribution in [1.29, 1.82) is 0 Å². The lowest BCUT2D eigenvalue weighted by Crippen LogP contribution is -2.08. The van der Waals surface area contributed by atoms with Crippen LogP contribution in [0.4, 0.5) is 5.82 Å². The Morgan fingerprint density at radius 1 is 1.21 bits per heavy atom. The second kappa shape index (κ2) is 6.44. The van der Waals surface area contributed by atoms with E-state index in [1.807, 2.05) is 48.5 Å². The average Bonchev–Trinajstić information content (AvgIpc) is 3.42. The fourth-order valence-electron chi connectivity index (χ4n) is 3.76. The largest absolute Gasteiger partial charge is 0.383 e. The van der Waals surface area contributed by atoms with Gasteiger partial charge in [0, 0.05) is 17.9 Å². The van der Waals surface area contributed by atoms with Crippen molar-refractivity contribution in [2.45, 2.75) is 26.2 Å². The van der Waals surface area contributed by atoms with Crippen LogP contribution in [-0.2, 0) is 6.42 Å². The van der Waals surface area contributed by atoms with Crippen LogP contribution in [0, 0.1) is 0 Å². The maximum atomic E-state index is 13.1. The molecule has 0 saturated heterocycles. The van der Waals surface area contributed by atoms with Crippen LogP contribution in [0.15, 0.2) is 54.2 Å². The number of ketones is 1. The number of aromatic amines is 1. The number of fused-ring (bicyclic) bond motifs is 2. The molecule has 0 aliphatic heterocycles. The van der Waals surface area contributed by atoms with Gasteiger partial charge in [0.2, 0.25) is 0 Å². The third-order valence-corrected chi connectivity index (χ3v) is 5.38. The van der Waals surface area contributed by atoms with Crippen molar-refractivity contribution in [1.82, 2.24) is 19.7 Å². The van der Waals surface area contributed by atoms with E-state index in [-0.39, 0.29) is 5.78 Å². The summed E-state index contributed by atoms with van der Waals surface area (Å²) in [7, 11) is 0. The second-order valence-corrected chi connectivity index (χ2v) is 7.71. The molecule has 6 nitrogen and oxygen atoms in total. The van der Waals surface area contributed by atoms with Gasteiger partial charge in [0.15, 0.2) is 5.78 Å². The summed E-state index contributed by atoms with van der Waals surface area (Å²) in [5.41, 5.74) is 12.4. The predicted molar refractivity (Wildman–Crippen MR) is 114 cm³/mol. The molecule has 29 heavy (non-hydrogen) atoms. The summed E-state index contributed by atoms with van der Waals surface area (Å²) in [5.74, 6) is 1.52. The van der Waals surface area contributed by atoms with E-state index in [0.717, 1.165) is 39.2 Å². The molecule has 0 bridgehead atoms. The standard InChI is InChI=1S/C23H21N5O/c1-13(2)23-26-19-8-7-17(11-20(19)27-23)28-22(24)18(12-25-28)21(29)16-9-14-5-3-4-6-15(14)10-16/h3-9,11-13H,10,24H2,1-2H3,(H,26,27). The SMILES string of the molecule is CC(C)c1nc2ccc(-n3ncc(C(=O)C4=Cc5ccccc5C4)c3N)cc2[nH]1. The first kappa shape index (κ1) is 17.4. The van der Waals surface area contributed by atoms with E-state index in [0.29, 0.717) is 23.7 Å². The highest BCUT2D eigenvalue weighted by Crippen LogP contribution is 2.29. The molecule has 0 radical (unpaired) electrons. The van der Waals surface area contributed by atoms with Gasteiger partial charge in [-0.1, -0.05) is 38.1 Å². The fraction of sp³-hybridized carbons (Fsp3) is 0.174. The number of H-pyrrole nitrogens is 1. The van der Waals surface area contributed by atoms with Gasteiger partial charge in [0.1, 0.15) is 11.6 Å². The number of carbonyl (C=O) groups is 1. The number of hydrogen-bond donors (Lipinski definition) is 2. The number of nitrogen functional groups attached to an aromatic ring is 1. The lowest BCUT2D eigenvalue weighted by molar-refractivity contribution is 0.103. The molecule has 4 aromatic rings. The van der Waals surface area contributed by atoms with Crippen molar-refractivity contribution in [2.75, 3.05) is 5.73 Å². The van der Waals surface area contributed by atoms with Crippen LogP contribution in [0.3, 0.4) is 0 Å². The third kappa shape index (κ3) is 2.84. The Hall–Kier alpha value is -3.67. The van der Waals surface area contributed by atoms with Gasteiger partial charge in [-0.2, -0.15) is 5.10 Å². The first-order chi connectivity index (χ1) is 14.0. The molecular formula is C23H21N5O. The van der Waals surface area contributed by atoms with Gasteiger partial charge in [-0.05, 0) is 35.4 Å². The number of Topliss-reactive ketones (excluding diaryl/α,β-unsaturated/α-hetero) is 1. The summed E-state index contributed by atoms with van der Waals surface area (Å²) in [4.78, 5) is 21.0. The molecule has 144 valence electrons. The highest BCUT2D eigenvalue weighted by molar-refractivity contribution is 6.15. The predicted octanol–water partition coefficient (Wildman–Crippen LogP) is 4.28. The van der Waals surface area contributed by atoms with E-state index in [4.69, 9.17) is 5.73 Å². The molecule has 1 aliphatic rings. The van der Waals surface area contributed by atoms with Gasteiger partial charge in [-0.25, -0.2) is 9.67 Å². The Kier molecular flexibility index (Phi) is 3.87. The van der Waals surface area contributed by atoms with E-state index >= 15 is 0 Å². The minimum atomic E-state index is -0.0744. The zero-order chi connectivity index (χ0) is 20.1. The lowest BCUT2D eigenvalue weighted by atomic mass is 10.0. The first-order valence-corrected chi connectivity index (χ1v) is 9.68. The van der Waals surface area contributed by atoms with Crippen molar-refractivity contribution in [3.05, 3.63) is 76.7 Å². The second-order valence-electron chi connectivity index (χ2n) is 7.71. The van der Waals surface area contributed by atoms with Crippen LogP contribution in [0.1, 0.15) is 47.1 Å². The topological polar surface area (TPSA) is 89.6 Å². The van der Waals surface area contributed by atoms with Crippen molar-refractivity contribution in [3.63, 3.8) is 0 Å². The zero-order valence-electron chi connectivity index (χ0n) is 16.3. The molecule has 0 atom stereocenters. The zero-order valence-corrected chi connectivity index (χ0v) is 16.3. The number of benzene rings is 2. The van der Waals surface area contributed by atoms with Crippen molar-refractivity contribution < 1.29 is 4.79 Å². The molecule has 1 aliphatic carbocycles. The Morgan fingerprint density at radius 2 is 2.03 bits per heavy atom. The van der Waals surface area contributed by atoms with Crippen LogP contribution >= 0.6 is 0 Å². The van der Waals surface area contributed by atoms with Crippen LogP contribution in [0.5, 0.6) is 0 Å². The Balaban J connectivity index is 1.48. The Morgan fingerprint density at radius 3 is 2.83 bits per heavy atom. The van der Waals surface area contributed by atoms with Crippen molar-refractivity contribution >= 4 is 28.7 Å².